The van der Waals surface area contributed by atoms with E-state index in [-0.39, 0.29) is 0 Å². The van der Waals surface area contributed by atoms with Gasteiger partial charge in [0.05, 0.1) is 8.95 Å². The number of halogens is 2. The molecule has 0 atom stereocenters. The van der Waals surface area contributed by atoms with E-state index in [2.05, 4.69) is 31.9 Å². The Kier molecular flexibility index (Phi) is 4.69. The standard InChI is InChI=1S/C10H8Br2O2S2/c11-7-3-15-5-9(7)13-1-2-14-10-6-16-4-8(10)12/h3-6H,1-2H2. The molecule has 16 heavy (non-hydrogen) atoms. The van der Waals surface area contributed by atoms with E-state index in [1.165, 1.54) is 0 Å². The maximum absolute atomic E-state index is 5.54. The highest BCUT2D eigenvalue weighted by molar-refractivity contribution is 9.11. The minimum Gasteiger partial charge on any atom is -0.488 e. The summed E-state index contributed by atoms with van der Waals surface area (Å²) in [5, 5.41) is 7.91. The van der Waals surface area contributed by atoms with Crippen LogP contribution in [0.3, 0.4) is 0 Å². The van der Waals surface area contributed by atoms with E-state index in [9.17, 15) is 0 Å². The van der Waals surface area contributed by atoms with Crippen LogP contribution in [0.2, 0.25) is 0 Å². The molecule has 2 aromatic heterocycles. The van der Waals surface area contributed by atoms with Gasteiger partial charge in [0.2, 0.25) is 0 Å². The second-order valence-corrected chi connectivity index (χ2v) is 6.06. The van der Waals surface area contributed by atoms with Crippen molar-refractivity contribution in [2.75, 3.05) is 13.2 Å². The molecular weight excluding hydrogens is 376 g/mol. The molecular formula is C10H8Br2O2S2. The van der Waals surface area contributed by atoms with Crippen LogP contribution in [0.15, 0.2) is 30.5 Å². The van der Waals surface area contributed by atoms with Crippen LogP contribution in [0.4, 0.5) is 0 Å². The molecule has 0 bridgehead atoms. The zero-order valence-electron chi connectivity index (χ0n) is 8.11. The monoisotopic (exact) mass is 382 g/mol. The number of ether oxygens (including phenoxy) is 2. The molecule has 86 valence electrons. The van der Waals surface area contributed by atoms with Crippen LogP contribution in [0.1, 0.15) is 0 Å². The van der Waals surface area contributed by atoms with Crippen molar-refractivity contribution in [2.24, 2.45) is 0 Å². The zero-order chi connectivity index (χ0) is 11.4. The fourth-order valence-corrected chi connectivity index (χ4v) is 3.70. The number of rotatable bonds is 5. The Bertz CT molecular complexity index is 411. The van der Waals surface area contributed by atoms with E-state index < -0.39 is 0 Å². The van der Waals surface area contributed by atoms with Crippen molar-refractivity contribution in [3.63, 3.8) is 0 Å². The summed E-state index contributed by atoms with van der Waals surface area (Å²) in [6.07, 6.45) is 0. The summed E-state index contributed by atoms with van der Waals surface area (Å²) in [5.74, 6) is 1.75. The van der Waals surface area contributed by atoms with E-state index in [0.29, 0.717) is 13.2 Å². The molecule has 2 aromatic rings. The Balaban J connectivity index is 1.74. The minimum atomic E-state index is 0.539. The lowest BCUT2D eigenvalue weighted by atomic mass is 10.6. The molecule has 2 nitrogen and oxygen atoms in total. The van der Waals surface area contributed by atoms with E-state index in [0.717, 1.165) is 20.4 Å². The minimum absolute atomic E-state index is 0.539. The normalized spacial score (nSPS) is 10.4. The molecule has 2 heterocycles. The van der Waals surface area contributed by atoms with Crippen LogP contribution in [-0.4, -0.2) is 13.2 Å². The van der Waals surface area contributed by atoms with Gasteiger partial charge < -0.3 is 9.47 Å². The molecule has 0 spiro atoms. The molecule has 0 N–H and O–H groups in total. The number of hydrogen-bond acceptors (Lipinski definition) is 4. The molecule has 0 fully saturated rings. The second-order valence-electron chi connectivity index (χ2n) is 2.86. The van der Waals surface area contributed by atoms with Gasteiger partial charge in [-0.25, -0.2) is 0 Å². The molecule has 0 aromatic carbocycles. The Morgan fingerprint density at radius 1 is 0.812 bits per heavy atom. The Morgan fingerprint density at radius 3 is 1.56 bits per heavy atom. The summed E-state index contributed by atoms with van der Waals surface area (Å²) in [4.78, 5) is 0. The molecule has 0 amide bonds. The van der Waals surface area contributed by atoms with Crippen molar-refractivity contribution >= 4 is 54.5 Å². The average molecular weight is 384 g/mol. The fraction of sp³-hybridized carbons (Fsp3) is 0.200. The van der Waals surface area contributed by atoms with Crippen LogP contribution in [0, 0.1) is 0 Å². The third-order valence-electron chi connectivity index (χ3n) is 1.76. The lowest BCUT2D eigenvalue weighted by molar-refractivity contribution is 0.216. The van der Waals surface area contributed by atoms with Gasteiger partial charge in [0.1, 0.15) is 24.7 Å². The van der Waals surface area contributed by atoms with Gasteiger partial charge in [0.15, 0.2) is 0 Å². The molecule has 0 saturated carbocycles. The van der Waals surface area contributed by atoms with Gasteiger partial charge in [-0.15, -0.1) is 22.7 Å². The quantitative estimate of drug-likeness (QED) is 0.691. The largest absolute Gasteiger partial charge is 0.488 e. The van der Waals surface area contributed by atoms with Gasteiger partial charge >= 0.3 is 0 Å². The molecule has 0 radical (unpaired) electrons. The van der Waals surface area contributed by atoms with Gasteiger partial charge in [-0.3, -0.25) is 0 Å². The summed E-state index contributed by atoms with van der Waals surface area (Å²) in [5.41, 5.74) is 0. The van der Waals surface area contributed by atoms with Gasteiger partial charge in [-0.1, -0.05) is 0 Å². The molecule has 0 saturated heterocycles. The van der Waals surface area contributed by atoms with Gasteiger partial charge in [-0.2, -0.15) is 0 Å². The molecule has 0 aliphatic carbocycles. The molecule has 0 aliphatic heterocycles. The summed E-state index contributed by atoms with van der Waals surface area (Å²) in [6.45, 7) is 1.08. The molecule has 6 heteroatoms. The lowest BCUT2D eigenvalue weighted by Crippen LogP contribution is -2.08. The Morgan fingerprint density at radius 2 is 1.25 bits per heavy atom. The fourth-order valence-electron chi connectivity index (χ4n) is 1.05. The highest BCUT2D eigenvalue weighted by atomic mass is 79.9. The highest BCUT2D eigenvalue weighted by Gasteiger charge is 2.03. The highest BCUT2D eigenvalue weighted by Crippen LogP contribution is 2.30. The van der Waals surface area contributed by atoms with Crippen LogP contribution in [0.5, 0.6) is 11.5 Å². The van der Waals surface area contributed by atoms with Crippen molar-refractivity contribution in [1.29, 1.82) is 0 Å². The SMILES string of the molecule is Brc1cscc1OCCOc1cscc1Br. The first-order chi connectivity index (χ1) is 7.77. The first-order valence-electron chi connectivity index (χ1n) is 4.46. The van der Waals surface area contributed by atoms with Gasteiger partial charge in [0, 0.05) is 21.5 Å². The van der Waals surface area contributed by atoms with Crippen molar-refractivity contribution in [3.05, 3.63) is 30.5 Å². The molecule has 0 unspecified atom stereocenters. The second kappa shape index (κ2) is 6.05. The van der Waals surface area contributed by atoms with Gasteiger partial charge in [-0.05, 0) is 31.9 Å². The molecule has 2 rings (SSSR count). The zero-order valence-corrected chi connectivity index (χ0v) is 12.9. The first kappa shape index (κ1) is 12.4. The predicted molar refractivity (Wildman–Crippen MR) is 75.0 cm³/mol. The number of hydrogen-bond donors (Lipinski definition) is 0. The van der Waals surface area contributed by atoms with Crippen LogP contribution >= 0.6 is 54.5 Å². The van der Waals surface area contributed by atoms with E-state index in [4.69, 9.17) is 9.47 Å². The summed E-state index contributed by atoms with van der Waals surface area (Å²) in [7, 11) is 0. The van der Waals surface area contributed by atoms with Gasteiger partial charge in [0.25, 0.3) is 0 Å². The van der Waals surface area contributed by atoms with Crippen molar-refractivity contribution in [3.8, 4) is 11.5 Å². The van der Waals surface area contributed by atoms with Crippen LogP contribution in [-0.2, 0) is 0 Å². The number of thiophene rings is 2. The van der Waals surface area contributed by atoms with Crippen LogP contribution < -0.4 is 9.47 Å². The maximum atomic E-state index is 5.54. The first-order valence-corrected chi connectivity index (χ1v) is 7.93. The summed E-state index contributed by atoms with van der Waals surface area (Å²) in [6, 6.07) is 0. The Hall–Kier alpha value is -0.0400. The third-order valence-corrected chi connectivity index (χ3v) is 5.05. The summed E-state index contributed by atoms with van der Waals surface area (Å²) >= 11 is 10.0. The van der Waals surface area contributed by atoms with Crippen LogP contribution in [0.25, 0.3) is 0 Å². The molecule has 0 aliphatic rings. The van der Waals surface area contributed by atoms with Crippen molar-refractivity contribution < 1.29 is 9.47 Å². The van der Waals surface area contributed by atoms with Crippen molar-refractivity contribution in [1.82, 2.24) is 0 Å². The lowest BCUT2D eigenvalue weighted by Gasteiger charge is -2.06. The average Bonchev–Trinajstić information content (AvgIpc) is 2.84. The maximum Gasteiger partial charge on any atom is 0.144 e. The smallest absolute Gasteiger partial charge is 0.144 e. The predicted octanol–water partition coefficient (Wildman–Crippen LogP) is 4.79. The topological polar surface area (TPSA) is 18.5 Å². The Labute approximate surface area is 118 Å². The summed E-state index contributed by atoms with van der Waals surface area (Å²) < 4.78 is 13.1. The van der Waals surface area contributed by atoms with E-state index in [1.54, 1.807) is 22.7 Å². The van der Waals surface area contributed by atoms with Crippen molar-refractivity contribution in [2.45, 2.75) is 0 Å². The third kappa shape index (κ3) is 3.23. The van der Waals surface area contributed by atoms with E-state index >= 15 is 0 Å². The van der Waals surface area contributed by atoms with E-state index in [1.807, 2.05) is 21.5 Å².